The van der Waals surface area contributed by atoms with E-state index < -0.39 is 12.1 Å². The molecule has 21 heavy (non-hydrogen) atoms. The minimum atomic E-state index is -0.893. The number of aryl methyl sites for hydroxylation is 1. The molecule has 1 unspecified atom stereocenters. The van der Waals surface area contributed by atoms with Crippen LogP contribution in [0.3, 0.4) is 0 Å². The molecule has 3 rings (SSSR count). The van der Waals surface area contributed by atoms with Crippen LogP contribution >= 0.6 is 11.8 Å². The molecule has 0 bridgehead atoms. The first-order valence-corrected chi connectivity index (χ1v) is 7.26. The molecule has 0 radical (unpaired) electrons. The number of para-hydroxylation sites is 2. The van der Waals surface area contributed by atoms with E-state index in [1.165, 1.54) is 0 Å². The van der Waals surface area contributed by atoms with Gasteiger partial charge in [-0.25, -0.2) is 9.67 Å². The third-order valence-electron chi connectivity index (χ3n) is 2.86. The standard InChI is InChI=1S/C13H13N3O4S/c1-16-13(21-7-11(17)18)14-12(15-16)10-6-19-8-4-2-3-5-9(8)20-10/h2-5,10H,6-7H2,1H3,(H,17,18). The van der Waals surface area contributed by atoms with Crippen molar-refractivity contribution in [1.29, 1.82) is 0 Å². The van der Waals surface area contributed by atoms with Crippen LogP contribution in [-0.4, -0.2) is 38.2 Å². The van der Waals surface area contributed by atoms with Crippen LogP contribution in [0.25, 0.3) is 0 Å². The largest absolute Gasteiger partial charge is 0.485 e. The zero-order chi connectivity index (χ0) is 14.8. The van der Waals surface area contributed by atoms with E-state index in [1.54, 1.807) is 11.7 Å². The molecule has 1 aromatic carbocycles. The molecule has 0 saturated carbocycles. The first kappa shape index (κ1) is 13.7. The predicted octanol–water partition coefficient (Wildman–Crippen LogP) is 1.50. The van der Waals surface area contributed by atoms with Gasteiger partial charge in [-0.1, -0.05) is 23.9 Å². The van der Waals surface area contributed by atoms with Crippen LogP contribution in [0.15, 0.2) is 29.4 Å². The Morgan fingerprint density at radius 2 is 2.24 bits per heavy atom. The number of hydrogen-bond donors (Lipinski definition) is 1. The molecule has 1 atom stereocenters. The highest BCUT2D eigenvalue weighted by atomic mass is 32.2. The van der Waals surface area contributed by atoms with Crippen molar-refractivity contribution in [3.8, 4) is 11.5 Å². The van der Waals surface area contributed by atoms with E-state index in [-0.39, 0.29) is 5.75 Å². The second-order valence-electron chi connectivity index (χ2n) is 4.42. The second kappa shape index (κ2) is 5.65. The van der Waals surface area contributed by atoms with E-state index in [0.717, 1.165) is 11.8 Å². The number of nitrogens with zero attached hydrogens (tertiary/aromatic N) is 3. The Kier molecular flexibility index (Phi) is 3.70. The lowest BCUT2D eigenvalue weighted by Gasteiger charge is -2.24. The number of fused-ring (bicyclic) bond motifs is 1. The van der Waals surface area contributed by atoms with Crippen molar-refractivity contribution in [2.24, 2.45) is 7.05 Å². The maximum atomic E-state index is 10.6. The molecular weight excluding hydrogens is 294 g/mol. The number of rotatable bonds is 4. The average Bonchev–Trinajstić information content (AvgIpc) is 2.86. The van der Waals surface area contributed by atoms with Gasteiger partial charge in [-0.2, -0.15) is 5.10 Å². The summed E-state index contributed by atoms with van der Waals surface area (Å²) in [6, 6.07) is 7.41. The Labute approximate surface area is 124 Å². The quantitative estimate of drug-likeness (QED) is 0.857. The van der Waals surface area contributed by atoms with Gasteiger partial charge in [0.05, 0.1) is 5.75 Å². The van der Waals surface area contributed by atoms with E-state index in [2.05, 4.69) is 10.1 Å². The fourth-order valence-electron chi connectivity index (χ4n) is 1.92. The number of benzene rings is 1. The summed E-state index contributed by atoms with van der Waals surface area (Å²) in [6.07, 6.45) is -0.398. The Bertz CT molecular complexity index is 673. The number of hydrogen-bond acceptors (Lipinski definition) is 6. The monoisotopic (exact) mass is 307 g/mol. The number of ether oxygens (including phenoxy) is 2. The van der Waals surface area contributed by atoms with Crippen LogP contribution in [-0.2, 0) is 11.8 Å². The lowest BCUT2D eigenvalue weighted by molar-refractivity contribution is -0.133. The lowest BCUT2D eigenvalue weighted by atomic mass is 10.2. The zero-order valence-corrected chi connectivity index (χ0v) is 12.0. The van der Waals surface area contributed by atoms with Crippen molar-refractivity contribution in [3.63, 3.8) is 0 Å². The van der Waals surface area contributed by atoms with E-state index in [0.29, 0.717) is 29.1 Å². The van der Waals surface area contributed by atoms with Crippen LogP contribution in [0.4, 0.5) is 0 Å². The Hall–Kier alpha value is -2.22. The van der Waals surface area contributed by atoms with Crippen LogP contribution in [0.2, 0.25) is 0 Å². The number of aromatic nitrogens is 3. The Balaban J connectivity index is 1.76. The number of aliphatic carboxylic acids is 1. The normalized spacial score (nSPS) is 16.7. The molecule has 1 aromatic heterocycles. The van der Waals surface area contributed by atoms with Gasteiger partial charge in [-0.05, 0) is 12.1 Å². The van der Waals surface area contributed by atoms with E-state index in [4.69, 9.17) is 14.6 Å². The van der Waals surface area contributed by atoms with E-state index in [1.807, 2.05) is 24.3 Å². The number of carbonyl (C=O) groups is 1. The van der Waals surface area contributed by atoms with Gasteiger partial charge < -0.3 is 14.6 Å². The van der Waals surface area contributed by atoms with Gasteiger partial charge in [-0.15, -0.1) is 0 Å². The summed E-state index contributed by atoms with van der Waals surface area (Å²) in [5, 5.41) is 13.5. The van der Waals surface area contributed by atoms with Crippen molar-refractivity contribution in [2.45, 2.75) is 11.3 Å². The molecule has 0 spiro atoms. The van der Waals surface area contributed by atoms with Crippen molar-refractivity contribution >= 4 is 17.7 Å². The molecule has 0 saturated heterocycles. The molecule has 0 aliphatic carbocycles. The highest BCUT2D eigenvalue weighted by Crippen LogP contribution is 2.35. The lowest BCUT2D eigenvalue weighted by Crippen LogP contribution is -2.22. The minimum Gasteiger partial charge on any atom is -0.485 e. The molecule has 1 N–H and O–H groups in total. The first-order valence-electron chi connectivity index (χ1n) is 6.27. The van der Waals surface area contributed by atoms with Gasteiger partial charge in [-0.3, -0.25) is 4.79 Å². The van der Waals surface area contributed by atoms with Crippen LogP contribution in [0.5, 0.6) is 11.5 Å². The first-order chi connectivity index (χ1) is 10.1. The fraction of sp³-hybridized carbons (Fsp3) is 0.308. The van der Waals surface area contributed by atoms with Crippen LogP contribution in [0, 0.1) is 0 Å². The molecule has 1 aliphatic heterocycles. The minimum absolute atomic E-state index is 0.0587. The molecule has 110 valence electrons. The summed E-state index contributed by atoms with van der Waals surface area (Å²) < 4.78 is 13.0. The molecule has 8 heteroatoms. The SMILES string of the molecule is Cn1nc(C2COc3ccccc3O2)nc1SCC(=O)O. The van der Waals surface area contributed by atoms with Gasteiger partial charge in [0, 0.05) is 7.05 Å². The molecule has 7 nitrogen and oxygen atoms in total. The predicted molar refractivity (Wildman–Crippen MR) is 74.7 cm³/mol. The number of carboxylic acids is 1. The van der Waals surface area contributed by atoms with Crippen molar-refractivity contribution in [3.05, 3.63) is 30.1 Å². The summed E-state index contributed by atoms with van der Waals surface area (Å²) in [7, 11) is 1.72. The summed E-state index contributed by atoms with van der Waals surface area (Å²) in [5.41, 5.74) is 0. The van der Waals surface area contributed by atoms with E-state index >= 15 is 0 Å². The van der Waals surface area contributed by atoms with Crippen molar-refractivity contribution in [1.82, 2.24) is 14.8 Å². The topological polar surface area (TPSA) is 86.5 Å². The molecular formula is C13H13N3O4S. The van der Waals surface area contributed by atoms with Gasteiger partial charge in [0.1, 0.15) is 6.61 Å². The molecule has 0 amide bonds. The van der Waals surface area contributed by atoms with Crippen molar-refractivity contribution in [2.75, 3.05) is 12.4 Å². The number of carboxylic acid groups (broad SMARTS) is 1. The van der Waals surface area contributed by atoms with E-state index in [9.17, 15) is 4.79 Å². The number of thioether (sulfide) groups is 1. The molecule has 2 heterocycles. The summed E-state index contributed by atoms with van der Waals surface area (Å²) in [4.78, 5) is 14.9. The van der Waals surface area contributed by atoms with Crippen LogP contribution in [0.1, 0.15) is 11.9 Å². The highest BCUT2D eigenvalue weighted by molar-refractivity contribution is 7.99. The van der Waals surface area contributed by atoms with Gasteiger partial charge in [0.25, 0.3) is 0 Å². The average molecular weight is 307 g/mol. The third-order valence-corrected chi connectivity index (χ3v) is 3.87. The van der Waals surface area contributed by atoms with Crippen LogP contribution < -0.4 is 9.47 Å². The summed E-state index contributed by atoms with van der Waals surface area (Å²) >= 11 is 1.12. The molecule has 0 fully saturated rings. The third kappa shape index (κ3) is 2.94. The zero-order valence-electron chi connectivity index (χ0n) is 11.2. The van der Waals surface area contributed by atoms with Gasteiger partial charge >= 0.3 is 5.97 Å². The maximum Gasteiger partial charge on any atom is 0.313 e. The highest BCUT2D eigenvalue weighted by Gasteiger charge is 2.26. The maximum absolute atomic E-state index is 10.6. The Morgan fingerprint density at radius 3 is 3.00 bits per heavy atom. The van der Waals surface area contributed by atoms with Gasteiger partial charge in [0.2, 0.25) is 0 Å². The summed E-state index contributed by atoms with van der Waals surface area (Å²) in [5.74, 6) is 0.887. The molecule has 1 aliphatic rings. The van der Waals surface area contributed by atoms with Crippen molar-refractivity contribution < 1.29 is 19.4 Å². The smallest absolute Gasteiger partial charge is 0.313 e. The molecule has 2 aromatic rings. The fourth-order valence-corrected chi connectivity index (χ4v) is 2.56. The van der Waals surface area contributed by atoms with Gasteiger partial charge in [0.15, 0.2) is 28.6 Å². The Morgan fingerprint density at radius 1 is 1.48 bits per heavy atom. The summed E-state index contributed by atoms with van der Waals surface area (Å²) in [6.45, 7) is 0.323. The second-order valence-corrected chi connectivity index (χ2v) is 5.37.